The Morgan fingerprint density at radius 2 is 1.82 bits per heavy atom. The van der Waals surface area contributed by atoms with E-state index in [2.05, 4.69) is 10.3 Å². The number of aromatic hydroxyl groups is 1. The van der Waals surface area contributed by atoms with Gasteiger partial charge in [-0.1, -0.05) is 12.1 Å². The first kappa shape index (κ1) is 20.3. The number of aromatic nitrogens is 1. The van der Waals surface area contributed by atoms with Gasteiger partial charge in [0.15, 0.2) is 11.5 Å². The molecule has 1 aromatic carbocycles. The average Bonchev–Trinajstić information content (AvgIpc) is 2.47. The smallest absolute Gasteiger partial charge is 0.163 e. The van der Waals surface area contributed by atoms with Crippen LogP contribution in [0.5, 0.6) is 17.2 Å². The lowest BCUT2D eigenvalue weighted by Crippen LogP contribution is -2.31. The van der Waals surface area contributed by atoms with Gasteiger partial charge in [-0.05, 0) is 31.2 Å². The standard InChI is InChI=1S/C15H18N2O3.2ClH/c1-11(17-10-12-13(18)6-5-9-16-12)20-15-8-4-3-7-14(15)19-2;;/h3-9,11,17-18H,10H2,1-2H3;2*1H. The summed E-state index contributed by atoms with van der Waals surface area (Å²) in [5.74, 6) is 1.52. The fourth-order valence-corrected chi connectivity index (χ4v) is 1.75. The lowest BCUT2D eigenvalue weighted by atomic mass is 10.3. The van der Waals surface area contributed by atoms with Crippen molar-refractivity contribution in [2.45, 2.75) is 19.7 Å². The number of hydrogen-bond acceptors (Lipinski definition) is 5. The average molecular weight is 347 g/mol. The number of rotatable bonds is 6. The van der Waals surface area contributed by atoms with Crippen LogP contribution in [0.15, 0.2) is 42.6 Å². The molecule has 0 aliphatic heterocycles. The number of nitrogens with zero attached hydrogens (tertiary/aromatic N) is 1. The quantitative estimate of drug-likeness (QED) is 0.786. The molecule has 0 saturated carbocycles. The predicted octanol–water partition coefficient (Wildman–Crippen LogP) is 3.15. The molecule has 0 aliphatic rings. The van der Waals surface area contributed by atoms with Gasteiger partial charge in [-0.25, -0.2) is 0 Å². The molecule has 0 fully saturated rings. The number of methoxy groups -OCH3 is 1. The molecule has 1 unspecified atom stereocenters. The molecule has 0 radical (unpaired) electrons. The third-order valence-electron chi connectivity index (χ3n) is 2.80. The fourth-order valence-electron chi connectivity index (χ4n) is 1.75. The summed E-state index contributed by atoms with van der Waals surface area (Å²) in [6.45, 7) is 2.30. The van der Waals surface area contributed by atoms with Crippen molar-refractivity contribution in [1.82, 2.24) is 10.3 Å². The Bertz CT molecular complexity index is 570. The molecule has 0 aliphatic carbocycles. The van der Waals surface area contributed by atoms with Crippen LogP contribution in [0, 0.1) is 0 Å². The highest BCUT2D eigenvalue weighted by molar-refractivity contribution is 5.85. The van der Waals surface area contributed by atoms with Crippen molar-refractivity contribution in [2.24, 2.45) is 0 Å². The second kappa shape index (κ2) is 10.1. The van der Waals surface area contributed by atoms with Gasteiger partial charge in [0.25, 0.3) is 0 Å². The lowest BCUT2D eigenvalue weighted by Gasteiger charge is -2.18. The van der Waals surface area contributed by atoms with E-state index in [9.17, 15) is 5.11 Å². The number of halogens is 2. The molecule has 7 heteroatoms. The van der Waals surface area contributed by atoms with E-state index in [-0.39, 0.29) is 36.8 Å². The third-order valence-corrected chi connectivity index (χ3v) is 2.80. The Balaban J connectivity index is 0.00000220. The summed E-state index contributed by atoms with van der Waals surface area (Å²) in [7, 11) is 1.60. The predicted molar refractivity (Wildman–Crippen MR) is 90.3 cm³/mol. The molecule has 2 N–H and O–H groups in total. The molecule has 122 valence electrons. The zero-order valence-corrected chi connectivity index (χ0v) is 14.0. The molecule has 0 bridgehead atoms. The zero-order chi connectivity index (χ0) is 14.4. The summed E-state index contributed by atoms with van der Waals surface area (Å²) in [4.78, 5) is 4.10. The Labute approximate surface area is 142 Å². The maximum atomic E-state index is 9.63. The first-order chi connectivity index (χ1) is 9.70. The van der Waals surface area contributed by atoms with Crippen molar-refractivity contribution < 1.29 is 14.6 Å². The summed E-state index contributed by atoms with van der Waals surface area (Å²) in [5.41, 5.74) is 0.586. The minimum atomic E-state index is -0.243. The number of ether oxygens (including phenoxy) is 2. The molecule has 1 aromatic heterocycles. The van der Waals surface area contributed by atoms with Crippen LogP contribution < -0.4 is 14.8 Å². The van der Waals surface area contributed by atoms with Crippen LogP contribution in [0.3, 0.4) is 0 Å². The molecule has 22 heavy (non-hydrogen) atoms. The first-order valence-electron chi connectivity index (χ1n) is 6.36. The van der Waals surface area contributed by atoms with E-state index >= 15 is 0 Å². The van der Waals surface area contributed by atoms with Crippen molar-refractivity contribution in [3.05, 3.63) is 48.3 Å². The summed E-state index contributed by atoms with van der Waals surface area (Å²) < 4.78 is 11.0. The van der Waals surface area contributed by atoms with Gasteiger partial charge >= 0.3 is 0 Å². The van der Waals surface area contributed by atoms with Crippen LogP contribution >= 0.6 is 24.8 Å². The number of hydrogen-bond donors (Lipinski definition) is 2. The van der Waals surface area contributed by atoms with Crippen LogP contribution in [-0.4, -0.2) is 23.4 Å². The Morgan fingerprint density at radius 1 is 1.14 bits per heavy atom. The van der Waals surface area contributed by atoms with Gasteiger partial charge in [0.05, 0.1) is 12.8 Å². The van der Waals surface area contributed by atoms with Crippen molar-refractivity contribution in [1.29, 1.82) is 0 Å². The largest absolute Gasteiger partial charge is 0.506 e. The molecule has 0 spiro atoms. The Morgan fingerprint density at radius 3 is 2.45 bits per heavy atom. The highest BCUT2D eigenvalue weighted by Crippen LogP contribution is 2.26. The molecular weight excluding hydrogens is 327 g/mol. The number of para-hydroxylation sites is 2. The van der Waals surface area contributed by atoms with Gasteiger partial charge in [0.2, 0.25) is 0 Å². The summed E-state index contributed by atoms with van der Waals surface area (Å²) in [6, 6.07) is 10.7. The molecule has 1 atom stereocenters. The van der Waals surface area contributed by atoms with Gasteiger partial charge in [-0.15, -0.1) is 24.8 Å². The molecule has 0 amide bonds. The summed E-state index contributed by atoms with van der Waals surface area (Å²) in [5, 5.41) is 12.8. The number of pyridine rings is 1. The normalized spacial score (nSPS) is 10.8. The van der Waals surface area contributed by atoms with Gasteiger partial charge in [-0.3, -0.25) is 10.3 Å². The van der Waals surface area contributed by atoms with Crippen LogP contribution in [0.4, 0.5) is 0 Å². The van der Waals surface area contributed by atoms with E-state index in [0.717, 1.165) is 0 Å². The minimum Gasteiger partial charge on any atom is -0.506 e. The van der Waals surface area contributed by atoms with Gasteiger partial charge in [0, 0.05) is 12.7 Å². The SMILES string of the molecule is COc1ccccc1OC(C)NCc1ncccc1O.Cl.Cl. The summed E-state index contributed by atoms with van der Waals surface area (Å²) in [6.07, 6.45) is 1.40. The van der Waals surface area contributed by atoms with Crippen LogP contribution in [0.25, 0.3) is 0 Å². The van der Waals surface area contributed by atoms with Gasteiger partial charge in [0.1, 0.15) is 12.0 Å². The molecule has 1 heterocycles. The first-order valence-corrected chi connectivity index (χ1v) is 6.36. The van der Waals surface area contributed by atoms with E-state index in [1.807, 2.05) is 31.2 Å². The second-order valence-corrected chi connectivity index (χ2v) is 4.26. The lowest BCUT2D eigenvalue weighted by molar-refractivity contribution is 0.173. The van der Waals surface area contributed by atoms with Crippen molar-refractivity contribution in [3.8, 4) is 17.2 Å². The van der Waals surface area contributed by atoms with Crippen LogP contribution in [0.1, 0.15) is 12.6 Å². The Kier molecular flexibility index (Phi) is 9.33. The molecule has 2 rings (SSSR count). The van der Waals surface area contributed by atoms with Crippen LogP contribution in [0.2, 0.25) is 0 Å². The Hall–Kier alpha value is -1.69. The molecule has 0 saturated heterocycles. The van der Waals surface area contributed by atoms with E-state index in [4.69, 9.17) is 9.47 Å². The number of benzene rings is 1. The summed E-state index contributed by atoms with van der Waals surface area (Å²) >= 11 is 0. The number of nitrogens with one attached hydrogen (secondary N) is 1. The highest BCUT2D eigenvalue weighted by Gasteiger charge is 2.09. The second-order valence-electron chi connectivity index (χ2n) is 4.26. The maximum Gasteiger partial charge on any atom is 0.163 e. The van der Waals surface area contributed by atoms with E-state index in [1.165, 1.54) is 0 Å². The van der Waals surface area contributed by atoms with Crippen molar-refractivity contribution in [2.75, 3.05) is 7.11 Å². The highest BCUT2D eigenvalue weighted by atomic mass is 35.5. The zero-order valence-electron chi connectivity index (χ0n) is 12.4. The monoisotopic (exact) mass is 346 g/mol. The molecular formula is C15H20Cl2N2O3. The maximum absolute atomic E-state index is 9.63. The third kappa shape index (κ3) is 5.60. The van der Waals surface area contributed by atoms with E-state index < -0.39 is 0 Å². The minimum absolute atomic E-state index is 0. The van der Waals surface area contributed by atoms with Crippen molar-refractivity contribution in [3.63, 3.8) is 0 Å². The van der Waals surface area contributed by atoms with Gasteiger partial charge < -0.3 is 14.6 Å². The molecule has 5 nitrogen and oxygen atoms in total. The van der Waals surface area contributed by atoms with Crippen molar-refractivity contribution >= 4 is 24.8 Å². The molecule has 2 aromatic rings. The van der Waals surface area contributed by atoms with Gasteiger partial charge in [-0.2, -0.15) is 0 Å². The fraction of sp³-hybridized carbons (Fsp3) is 0.267. The van der Waals surface area contributed by atoms with E-state index in [1.54, 1.807) is 25.4 Å². The van der Waals surface area contributed by atoms with Crippen LogP contribution in [-0.2, 0) is 6.54 Å². The topological polar surface area (TPSA) is 63.6 Å². The van der Waals surface area contributed by atoms with E-state index in [0.29, 0.717) is 23.7 Å².